The third kappa shape index (κ3) is 49.9. The molecule has 0 radical (unpaired) electrons. The maximum absolute atomic E-state index is 12.8. The van der Waals surface area contributed by atoms with Gasteiger partial charge < -0.3 is 14.2 Å². The molecule has 1 atom stereocenters. The lowest BCUT2D eigenvalue weighted by Gasteiger charge is -2.18. The smallest absolute Gasteiger partial charge is 0.306 e. The van der Waals surface area contributed by atoms with E-state index in [4.69, 9.17) is 14.2 Å². The lowest BCUT2D eigenvalue weighted by molar-refractivity contribution is -0.167. The average molecular weight is 893 g/mol. The molecule has 1 unspecified atom stereocenters. The first-order valence-corrected chi connectivity index (χ1v) is 26.9. The molecule has 0 saturated carbocycles. The van der Waals surface area contributed by atoms with E-state index < -0.39 is 6.10 Å². The van der Waals surface area contributed by atoms with Gasteiger partial charge in [-0.25, -0.2) is 0 Å². The summed E-state index contributed by atoms with van der Waals surface area (Å²) in [5.74, 6) is -0.948. The van der Waals surface area contributed by atoms with E-state index in [0.717, 1.165) is 83.5 Å². The fraction of sp³-hybridized carbons (Fsp3) is 0.741. The maximum atomic E-state index is 12.8. The van der Waals surface area contributed by atoms with Crippen molar-refractivity contribution in [2.45, 2.75) is 264 Å². The highest BCUT2D eigenvalue weighted by Crippen LogP contribution is 2.16. The number of esters is 3. The number of allylic oxidation sites excluding steroid dienone is 12. The van der Waals surface area contributed by atoms with E-state index in [1.165, 1.54) is 128 Å². The molecule has 0 aliphatic carbocycles. The molecule has 0 spiro atoms. The van der Waals surface area contributed by atoms with Crippen LogP contribution in [0.5, 0.6) is 0 Å². The molecule has 0 bridgehead atoms. The molecule has 0 aliphatic rings. The Morgan fingerprint density at radius 2 is 0.625 bits per heavy atom. The number of carbonyl (C=O) groups is 3. The summed E-state index contributed by atoms with van der Waals surface area (Å²) in [6.45, 7) is 6.38. The average Bonchev–Trinajstić information content (AvgIpc) is 3.29. The normalized spacial score (nSPS) is 12.6. The molecule has 0 heterocycles. The van der Waals surface area contributed by atoms with E-state index in [9.17, 15) is 14.4 Å². The van der Waals surface area contributed by atoms with Crippen molar-refractivity contribution in [1.82, 2.24) is 0 Å². The van der Waals surface area contributed by atoms with Crippen molar-refractivity contribution in [1.29, 1.82) is 0 Å². The van der Waals surface area contributed by atoms with Gasteiger partial charge >= 0.3 is 17.9 Å². The molecule has 6 nitrogen and oxygen atoms in total. The Kier molecular flexibility index (Phi) is 49.9. The first-order chi connectivity index (χ1) is 31.5. The largest absolute Gasteiger partial charge is 0.462 e. The van der Waals surface area contributed by atoms with Crippen molar-refractivity contribution in [3.63, 3.8) is 0 Å². The van der Waals surface area contributed by atoms with Gasteiger partial charge in [-0.05, 0) is 77.0 Å². The first kappa shape index (κ1) is 60.9. The first-order valence-electron chi connectivity index (χ1n) is 26.9. The molecule has 0 saturated heterocycles. The Hall–Kier alpha value is -3.15. The third-order valence-electron chi connectivity index (χ3n) is 11.5. The number of rotatable bonds is 48. The van der Waals surface area contributed by atoms with Crippen LogP contribution in [0.15, 0.2) is 72.9 Å². The van der Waals surface area contributed by atoms with Crippen molar-refractivity contribution in [3.05, 3.63) is 72.9 Å². The molecule has 0 aromatic heterocycles. The summed E-state index contributed by atoms with van der Waals surface area (Å²) in [5, 5.41) is 0. The van der Waals surface area contributed by atoms with Crippen LogP contribution < -0.4 is 0 Å². The van der Waals surface area contributed by atoms with Crippen LogP contribution in [0.25, 0.3) is 0 Å². The van der Waals surface area contributed by atoms with E-state index >= 15 is 0 Å². The van der Waals surface area contributed by atoms with E-state index in [1.807, 2.05) is 0 Å². The van der Waals surface area contributed by atoms with Gasteiger partial charge in [-0.2, -0.15) is 0 Å². The van der Waals surface area contributed by atoms with Gasteiger partial charge in [0.1, 0.15) is 13.2 Å². The molecular formula is C58H100O6. The topological polar surface area (TPSA) is 78.9 Å². The number of unbranched alkanes of at least 4 members (excludes halogenated alkanes) is 25. The highest BCUT2D eigenvalue weighted by atomic mass is 16.6. The zero-order valence-electron chi connectivity index (χ0n) is 42.0. The van der Waals surface area contributed by atoms with Gasteiger partial charge in [0.15, 0.2) is 6.10 Å². The second-order valence-electron chi connectivity index (χ2n) is 17.7. The molecular weight excluding hydrogens is 793 g/mol. The summed E-state index contributed by atoms with van der Waals surface area (Å²) in [6.07, 6.45) is 66.2. The molecule has 0 fully saturated rings. The number of ether oxygens (including phenoxy) is 3. The Labute approximate surface area is 395 Å². The summed E-state index contributed by atoms with van der Waals surface area (Å²) in [4.78, 5) is 38.0. The second kappa shape index (κ2) is 52.5. The van der Waals surface area contributed by atoms with Crippen LogP contribution in [0.2, 0.25) is 0 Å². The molecule has 64 heavy (non-hydrogen) atoms. The zero-order chi connectivity index (χ0) is 46.5. The number of hydrogen-bond acceptors (Lipinski definition) is 6. The van der Waals surface area contributed by atoms with Crippen LogP contribution in [0.3, 0.4) is 0 Å². The highest BCUT2D eigenvalue weighted by Gasteiger charge is 2.19. The lowest BCUT2D eigenvalue weighted by Crippen LogP contribution is -2.30. The minimum atomic E-state index is -0.795. The van der Waals surface area contributed by atoms with Gasteiger partial charge in [0, 0.05) is 19.3 Å². The van der Waals surface area contributed by atoms with E-state index in [-0.39, 0.29) is 37.5 Å². The van der Waals surface area contributed by atoms with Crippen LogP contribution in [0.1, 0.15) is 258 Å². The molecule has 6 heteroatoms. The summed E-state index contributed by atoms with van der Waals surface area (Å²) in [5.41, 5.74) is 0. The SMILES string of the molecule is CC/C=C\C/C=C\C/C=C\CCCCCCCCCCCC(=O)OCC(COC(=O)CCC/C=C\C/C=C\C/C=C\CC)OC(=O)CCCCCCCCCCCCCCCCCC. The minimum absolute atomic E-state index is 0.0922. The zero-order valence-corrected chi connectivity index (χ0v) is 42.0. The fourth-order valence-electron chi connectivity index (χ4n) is 7.48. The quantitative estimate of drug-likeness (QED) is 0.0262. The van der Waals surface area contributed by atoms with Gasteiger partial charge in [0.05, 0.1) is 0 Å². The Morgan fingerprint density at radius 3 is 1.02 bits per heavy atom. The molecule has 0 N–H and O–H groups in total. The van der Waals surface area contributed by atoms with Gasteiger partial charge in [-0.3, -0.25) is 14.4 Å². The van der Waals surface area contributed by atoms with Crippen molar-refractivity contribution < 1.29 is 28.6 Å². The van der Waals surface area contributed by atoms with Gasteiger partial charge in [-0.1, -0.05) is 235 Å². The number of carbonyl (C=O) groups excluding carboxylic acids is 3. The lowest BCUT2D eigenvalue weighted by atomic mass is 10.0. The van der Waals surface area contributed by atoms with Crippen LogP contribution >= 0.6 is 0 Å². The van der Waals surface area contributed by atoms with Gasteiger partial charge in [0.2, 0.25) is 0 Å². The van der Waals surface area contributed by atoms with Crippen molar-refractivity contribution in [2.24, 2.45) is 0 Å². The molecule has 0 aromatic rings. The predicted octanol–water partition coefficient (Wildman–Crippen LogP) is 17.8. The van der Waals surface area contributed by atoms with Crippen molar-refractivity contribution >= 4 is 17.9 Å². The van der Waals surface area contributed by atoms with E-state index in [0.29, 0.717) is 19.3 Å². The standard InChI is InChI=1S/C58H100O6/c1-4-7-10-13-16-19-22-24-26-28-29-30-32-33-36-39-42-45-48-51-57(60)63-54-55(53-62-56(59)50-47-44-41-38-35-21-18-15-12-9-6-3)64-58(61)52-49-46-43-40-37-34-31-27-25-23-20-17-14-11-8-5-2/h7,9-10,12,16,18-19,21,24,26,38,41,55H,4-6,8,11,13-15,17,20,22-23,25,27-37,39-40,42-54H2,1-3H3/b10-7-,12-9-,19-16-,21-18-,26-24-,41-38-. The minimum Gasteiger partial charge on any atom is -0.462 e. The highest BCUT2D eigenvalue weighted by molar-refractivity contribution is 5.71. The number of hydrogen-bond donors (Lipinski definition) is 0. The van der Waals surface area contributed by atoms with Crippen molar-refractivity contribution in [2.75, 3.05) is 13.2 Å². The molecule has 0 aromatic carbocycles. The summed E-state index contributed by atoms with van der Waals surface area (Å²) >= 11 is 0. The predicted molar refractivity (Wildman–Crippen MR) is 274 cm³/mol. The molecule has 0 amide bonds. The summed E-state index contributed by atoms with van der Waals surface area (Å²) < 4.78 is 16.8. The van der Waals surface area contributed by atoms with Crippen LogP contribution in [-0.2, 0) is 28.6 Å². The van der Waals surface area contributed by atoms with Gasteiger partial charge in [-0.15, -0.1) is 0 Å². The Balaban J connectivity index is 4.36. The third-order valence-corrected chi connectivity index (χ3v) is 11.5. The monoisotopic (exact) mass is 893 g/mol. The van der Waals surface area contributed by atoms with Crippen LogP contribution in [0.4, 0.5) is 0 Å². The van der Waals surface area contributed by atoms with Gasteiger partial charge in [0.25, 0.3) is 0 Å². The molecule has 0 aliphatic heterocycles. The molecule has 0 rings (SSSR count). The second-order valence-corrected chi connectivity index (χ2v) is 17.7. The van der Waals surface area contributed by atoms with E-state index in [1.54, 1.807) is 0 Å². The van der Waals surface area contributed by atoms with Crippen LogP contribution in [0, 0.1) is 0 Å². The fourth-order valence-corrected chi connectivity index (χ4v) is 7.48. The molecule has 368 valence electrons. The van der Waals surface area contributed by atoms with Crippen LogP contribution in [-0.4, -0.2) is 37.2 Å². The summed E-state index contributed by atoms with van der Waals surface area (Å²) in [7, 11) is 0. The maximum Gasteiger partial charge on any atom is 0.306 e. The van der Waals surface area contributed by atoms with Crippen molar-refractivity contribution in [3.8, 4) is 0 Å². The van der Waals surface area contributed by atoms with E-state index in [2.05, 4.69) is 93.7 Å². The Morgan fingerprint density at radius 1 is 0.328 bits per heavy atom. The summed E-state index contributed by atoms with van der Waals surface area (Å²) in [6, 6.07) is 0. The Bertz CT molecular complexity index is 1210.